The summed E-state index contributed by atoms with van der Waals surface area (Å²) >= 11 is 0. The topological polar surface area (TPSA) is 20.3 Å². The van der Waals surface area contributed by atoms with Gasteiger partial charge in [-0.05, 0) is 30.4 Å². The first-order valence-corrected chi connectivity index (χ1v) is 6.43. The van der Waals surface area contributed by atoms with Crippen molar-refractivity contribution in [2.45, 2.75) is 24.8 Å². The lowest BCUT2D eigenvalue weighted by Crippen LogP contribution is -2.46. The highest BCUT2D eigenvalue weighted by Gasteiger charge is 2.46. The number of fused-ring (bicyclic) bond motifs is 2. The van der Waals surface area contributed by atoms with Crippen LogP contribution in [0.1, 0.15) is 34.7 Å². The minimum atomic E-state index is 0.250. The molecule has 2 nitrogen and oxygen atoms in total. The Labute approximate surface area is 101 Å². The molecular weight excluding hydrogens is 210 g/mol. The molecular formula is C15H15NO. The van der Waals surface area contributed by atoms with Crippen molar-refractivity contribution in [2.24, 2.45) is 5.92 Å². The van der Waals surface area contributed by atoms with Crippen LogP contribution in [0.2, 0.25) is 0 Å². The van der Waals surface area contributed by atoms with Gasteiger partial charge in [0.2, 0.25) is 0 Å². The summed E-state index contributed by atoms with van der Waals surface area (Å²) in [5, 5.41) is 0. The number of allylic oxidation sites excluding steroid dienone is 1. The summed E-state index contributed by atoms with van der Waals surface area (Å²) in [6.45, 7) is 0.945. The van der Waals surface area contributed by atoms with E-state index in [1.165, 1.54) is 12.0 Å². The highest BCUT2D eigenvalue weighted by molar-refractivity contribution is 5.98. The molecule has 2 aliphatic heterocycles. The summed E-state index contributed by atoms with van der Waals surface area (Å²) in [5.74, 6) is 1.37. The zero-order chi connectivity index (χ0) is 11.4. The molecule has 0 aromatic heterocycles. The Kier molecular flexibility index (Phi) is 1.79. The van der Waals surface area contributed by atoms with E-state index in [-0.39, 0.29) is 5.91 Å². The third-order valence-corrected chi connectivity index (χ3v) is 4.55. The van der Waals surface area contributed by atoms with Crippen LogP contribution in [0.15, 0.2) is 36.4 Å². The second kappa shape index (κ2) is 3.22. The molecule has 1 fully saturated rings. The standard InChI is InChI=1S/C15H15NO/c17-15-13-6-2-1-5-11(13)12-7-3-4-10-8-9-16(15)14(10)12/h1-3,5-7,10,12,14H,4,8-9H2/t10?,12-,14-/m1/s1. The van der Waals surface area contributed by atoms with Gasteiger partial charge in [-0.1, -0.05) is 30.4 Å². The summed E-state index contributed by atoms with van der Waals surface area (Å²) in [6.07, 6.45) is 6.94. The van der Waals surface area contributed by atoms with Crippen LogP contribution < -0.4 is 0 Å². The van der Waals surface area contributed by atoms with Crippen molar-refractivity contribution >= 4 is 5.91 Å². The van der Waals surface area contributed by atoms with Gasteiger partial charge < -0.3 is 4.90 Å². The average Bonchev–Trinajstić information content (AvgIpc) is 2.81. The van der Waals surface area contributed by atoms with E-state index in [0.717, 1.165) is 18.5 Å². The van der Waals surface area contributed by atoms with Gasteiger partial charge in [-0.25, -0.2) is 0 Å². The smallest absolute Gasteiger partial charge is 0.254 e. The Bertz CT molecular complexity index is 519. The summed E-state index contributed by atoms with van der Waals surface area (Å²) in [5.41, 5.74) is 2.16. The molecule has 1 aromatic carbocycles. The van der Waals surface area contributed by atoms with Crippen LogP contribution >= 0.6 is 0 Å². The molecule has 86 valence electrons. The first kappa shape index (κ1) is 9.46. The van der Waals surface area contributed by atoms with Gasteiger partial charge in [0.25, 0.3) is 5.91 Å². The lowest BCUT2D eigenvalue weighted by atomic mass is 9.75. The van der Waals surface area contributed by atoms with E-state index in [2.05, 4.69) is 23.1 Å². The van der Waals surface area contributed by atoms with Gasteiger partial charge in [-0.3, -0.25) is 4.79 Å². The number of carbonyl (C=O) groups excluding carboxylic acids is 1. The number of carbonyl (C=O) groups is 1. The predicted octanol–water partition coefficient (Wildman–Crippen LogP) is 2.57. The normalized spacial score (nSPS) is 33.5. The first-order chi connectivity index (χ1) is 8.36. The number of hydrogen-bond acceptors (Lipinski definition) is 1. The molecule has 4 rings (SSSR count). The molecule has 3 aliphatic rings. The zero-order valence-electron chi connectivity index (χ0n) is 9.67. The second-order valence-corrected chi connectivity index (χ2v) is 5.31. The van der Waals surface area contributed by atoms with E-state index >= 15 is 0 Å². The van der Waals surface area contributed by atoms with Crippen molar-refractivity contribution in [3.63, 3.8) is 0 Å². The van der Waals surface area contributed by atoms with Crippen molar-refractivity contribution in [1.29, 1.82) is 0 Å². The second-order valence-electron chi connectivity index (χ2n) is 5.31. The fourth-order valence-corrected chi connectivity index (χ4v) is 3.80. The van der Waals surface area contributed by atoms with Crippen LogP contribution in [0.4, 0.5) is 0 Å². The summed E-state index contributed by atoms with van der Waals surface area (Å²) < 4.78 is 0. The van der Waals surface area contributed by atoms with Crippen molar-refractivity contribution in [1.82, 2.24) is 4.90 Å². The van der Waals surface area contributed by atoms with Gasteiger partial charge in [-0.15, -0.1) is 0 Å². The lowest BCUT2D eigenvalue weighted by Gasteiger charge is -2.40. The molecule has 1 amide bonds. The molecule has 1 saturated heterocycles. The van der Waals surface area contributed by atoms with E-state index in [1.807, 2.05) is 18.2 Å². The Hall–Kier alpha value is -1.57. The molecule has 1 unspecified atom stereocenters. The maximum atomic E-state index is 12.4. The number of nitrogens with zero attached hydrogens (tertiary/aromatic N) is 1. The highest BCUT2D eigenvalue weighted by Crippen LogP contribution is 2.45. The van der Waals surface area contributed by atoms with Crippen molar-refractivity contribution in [3.8, 4) is 0 Å². The number of amides is 1. The van der Waals surface area contributed by atoms with E-state index in [1.54, 1.807) is 0 Å². The number of rotatable bonds is 0. The van der Waals surface area contributed by atoms with Crippen molar-refractivity contribution in [3.05, 3.63) is 47.5 Å². The summed E-state index contributed by atoms with van der Waals surface area (Å²) in [6, 6.07) is 8.55. The third kappa shape index (κ3) is 1.13. The maximum absolute atomic E-state index is 12.4. The Morgan fingerprint density at radius 2 is 2.12 bits per heavy atom. The van der Waals surface area contributed by atoms with Gasteiger partial charge in [-0.2, -0.15) is 0 Å². The van der Waals surface area contributed by atoms with Gasteiger partial charge in [0, 0.05) is 24.1 Å². The highest BCUT2D eigenvalue weighted by atomic mass is 16.2. The van der Waals surface area contributed by atoms with Crippen LogP contribution in [-0.4, -0.2) is 23.4 Å². The predicted molar refractivity (Wildman–Crippen MR) is 65.9 cm³/mol. The Balaban J connectivity index is 1.94. The maximum Gasteiger partial charge on any atom is 0.254 e. The minimum Gasteiger partial charge on any atom is -0.334 e. The molecule has 1 aliphatic carbocycles. The Morgan fingerprint density at radius 3 is 3.06 bits per heavy atom. The number of benzene rings is 1. The summed E-state index contributed by atoms with van der Waals surface area (Å²) in [7, 11) is 0. The van der Waals surface area contributed by atoms with Gasteiger partial charge in [0.05, 0.1) is 0 Å². The van der Waals surface area contributed by atoms with Gasteiger partial charge in [0.1, 0.15) is 0 Å². The molecule has 2 heterocycles. The number of hydrogen-bond donors (Lipinski definition) is 0. The third-order valence-electron chi connectivity index (χ3n) is 4.55. The fraction of sp³-hybridized carbons (Fsp3) is 0.400. The molecule has 1 aromatic rings. The molecule has 3 atom stereocenters. The SMILES string of the molecule is O=C1c2ccccc2[C@H]2C=CCC3CCN1[C@H]32. The van der Waals surface area contributed by atoms with Crippen LogP contribution in [0.3, 0.4) is 0 Å². The van der Waals surface area contributed by atoms with Crippen LogP contribution in [0, 0.1) is 5.92 Å². The van der Waals surface area contributed by atoms with Gasteiger partial charge in [0.15, 0.2) is 0 Å². The molecule has 2 heteroatoms. The lowest BCUT2D eigenvalue weighted by molar-refractivity contribution is 0.0672. The minimum absolute atomic E-state index is 0.250. The zero-order valence-corrected chi connectivity index (χ0v) is 9.67. The molecule has 0 bridgehead atoms. The van der Waals surface area contributed by atoms with Gasteiger partial charge >= 0.3 is 0 Å². The van der Waals surface area contributed by atoms with E-state index in [0.29, 0.717) is 17.9 Å². The molecule has 0 radical (unpaired) electrons. The van der Waals surface area contributed by atoms with Crippen LogP contribution in [0.25, 0.3) is 0 Å². The molecule has 0 spiro atoms. The van der Waals surface area contributed by atoms with E-state index in [9.17, 15) is 4.79 Å². The van der Waals surface area contributed by atoms with Crippen LogP contribution in [0.5, 0.6) is 0 Å². The van der Waals surface area contributed by atoms with Crippen LogP contribution in [-0.2, 0) is 0 Å². The molecule has 17 heavy (non-hydrogen) atoms. The first-order valence-electron chi connectivity index (χ1n) is 6.43. The van der Waals surface area contributed by atoms with Crippen molar-refractivity contribution < 1.29 is 4.79 Å². The largest absolute Gasteiger partial charge is 0.334 e. The summed E-state index contributed by atoms with van der Waals surface area (Å²) in [4.78, 5) is 14.5. The monoisotopic (exact) mass is 225 g/mol. The van der Waals surface area contributed by atoms with E-state index < -0.39 is 0 Å². The van der Waals surface area contributed by atoms with E-state index in [4.69, 9.17) is 0 Å². The van der Waals surface area contributed by atoms with Crippen molar-refractivity contribution in [2.75, 3.05) is 6.54 Å². The fourth-order valence-electron chi connectivity index (χ4n) is 3.80. The molecule has 0 saturated carbocycles. The quantitative estimate of drug-likeness (QED) is 0.621. The average molecular weight is 225 g/mol. The molecule has 0 N–H and O–H groups in total. The Morgan fingerprint density at radius 1 is 1.24 bits per heavy atom.